The molecule has 3 nitrogen and oxygen atoms in total. The first-order valence-electron chi connectivity index (χ1n) is 5.38. The summed E-state index contributed by atoms with van der Waals surface area (Å²) in [5.74, 6) is -0.344. The molecule has 0 fully saturated rings. The molecule has 0 saturated carbocycles. The summed E-state index contributed by atoms with van der Waals surface area (Å²) in [6.45, 7) is 0.703. The molecule has 0 aliphatic rings. The first kappa shape index (κ1) is 12.9. The van der Waals surface area contributed by atoms with E-state index in [1.54, 1.807) is 23.6 Å². The van der Waals surface area contributed by atoms with E-state index in [0.29, 0.717) is 12.1 Å². The Morgan fingerprint density at radius 3 is 3.00 bits per heavy atom. The van der Waals surface area contributed by atoms with Crippen LogP contribution in [0.3, 0.4) is 0 Å². The maximum atomic E-state index is 13.1. The van der Waals surface area contributed by atoms with Gasteiger partial charge in [-0.1, -0.05) is 12.2 Å². The van der Waals surface area contributed by atoms with Gasteiger partial charge in [0.05, 0.1) is 5.01 Å². The van der Waals surface area contributed by atoms with E-state index in [1.165, 1.54) is 12.1 Å². The molecule has 3 N–H and O–H groups in total. The van der Waals surface area contributed by atoms with Gasteiger partial charge in [0, 0.05) is 35.8 Å². The van der Waals surface area contributed by atoms with Crippen molar-refractivity contribution in [2.24, 2.45) is 5.73 Å². The summed E-state index contributed by atoms with van der Waals surface area (Å²) in [4.78, 5) is 4.37. The van der Waals surface area contributed by atoms with Crippen molar-refractivity contribution in [3.63, 3.8) is 0 Å². The van der Waals surface area contributed by atoms with Crippen LogP contribution in [-0.2, 0) is 6.42 Å². The van der Waals surface area contributed by atoms with Gasteiger partial charge in [-0.2, -0.15) is 0 Å². The number of anilines is 1. The van der Waals surface area contributed by atoms with Crippen LogP contribution in [0.25, 0.3) is 0 Å². The van der Waals surface area contributed by atoms with Gasteiger partial charge in [-0.05, 0) is 18.2 Å². The lowest BCUT2D eigenvalue weighted by Crippen LogP contribution is -2.14. The van der Waals surface area contributed by atoms with Gasteiger partial charge in [0.15, 0.2) is 0 Å². The number of thiazole rings is 1. The van der Waals surface area contributed by atoms with Crippen molar-refractivity contribution in [2.75, 3.05) is 11.9 Å². The van der Waals surface area contributed by atoms with Crippen LogP contribution in [0.4, 0.5) is 10.1 Å². The summed E-state index contributed by atoms with van der Waals surface area (Å²) in [5.41, 5.74) is 6.85. The van der Waals surface area contributed by atoms with Crippen molar-refractivity contribution in [3.05, 3.63) is 46.2 Å². The van der Waals surface area contributed by atoms with Gasteiger partial charge in [-0.25, -0.2) is 9.37 Å². The zero-order valence-corrected chi connectivity index (χ0v) is 11.2. The highest BCUT2D eigenvalue weighted by Crippen LogP contribution is 2.17. The number of nitrogens with one attached hydrogen (secondary N) is 1. The SMILES string of the molecule is NC(=S)c1cc(F)ccc1NCCc1nccs1. The lowest BCUT2D eigenvalue weighted by atomic mass is 10.1. The second-order valence-electron chi connectivity index (χ2n) is 3.66. The van der Waals surface area contributed by atoms with Gasteiger partial charge >= 0.3 is 0 Å². The zero-order valence-electron chi connectivity index (χ0n) is 9.52. The normalized spacial score (nSPS) is 10.3. The molecule has 0 bridgehead atoms. The Hall–Kier alpha value is -1.53. The van der Waals surface area contributed by atoms with E-state index >= 15 is 0 Å². The number of rotatable bonds is 5. The van der Waals surface area contributed by atoms with Crippen LogP contribution in [0.5, 0.6) is 0 Å². The number of nitrogens with zero attached hydrogens (tertiary/aromatic N) is 1. The van der Waals surface area contributed by atoms with Crippen molar-refractivity contribution in [2.45, 2.75) is 6.42 Å². The van der Waals surface area contributed by atoms with E-state index in [9.17, 15) is 4.39 Å². The number of aromatic nitrogens is 1. The molecule has 1 aromatic carbocycles. The highest BCUT2D eigenvalue weighted by Gasteiger charge is 2.06. The highest BCUT2D eigenvalue weighted by atomic mass is 32.1. The maximum absolute atomic E-state index is 13.1. The van der Waals surface area contributed by atoms with E-state index in [0.717, 1.165) is 17.1 Å². The molecule has 0 radical (unpaired) electrons. The Morgan fingerprint density at radius 1 is 1.50 bits per heavy atom. The van der Waals surface area contributed by atoms with Gasteiger partial charge in [0.2, 0.25) is 0 Å². The molecule has 2 aromatic rings. The van der Waals surface area contributed by atoms with Gasteiger partial charge in [0.1, 0.15) is 10.8 Å². The predicted molar refractivity (Wildman–Crippen MR) is 76.6 cm³/mol. The fraction of sp³-hybridized carbons (Fsp3) is 0.167. The summed E-state index contributed by atoms with van der Waals surface area (Å²) in [5, 5.41) is 6.19. The Labute approximate surface area is 114 Å². The summed E-state index contributed by atoms with van der Waals surface area (Å²) in [6, 6.07) is 4.37. The molecule has 1 aromatic heterocycles. The maximum Gasteiger partial charge on any atom is 0.124 e. The van der Waals surface area contributed by atoms with Gasteiger partial charge in [-0.3, -0.25) is 0 Å². The third kappa shape index (κ3) is 3.24. The molecular weight excluding hydrogens is 269 g/mol. The molecule has 2 rings (SSSR count). The van der Waals surface area contributed by atoms with E-state index in [2.05, 4.69) is 10.3 Å². The molecule has 0 spiro atoms. The first-order valence-corrected chi connectivity index (χ1v) is 6.67. The monoisotopic (exact) mass is 281 g/mol. The number of hydrogen-bond donors (Lipinski definition) is 2. The average molecular weight is 281 g/mol. The number of thiocarbonyl (C=S) groups is 1. The van der Waals surface area contributed by atoms with Crippen molar-refractivity contribution in [3.8, 4) is 0 Å². The summed E-state index contributed by atoms with van der Waals surface area (Å²) >= 11 is 6.51. The second-order valence-corrected chi connectivity index (χ2v) is 5.08. The van der Waals surface area contributed by atoms with Crippen LogP contribution in [-0.4, -0.2) is 16.5 Å². The summed E-state index contributed by atoms with van der Waals surface area (Å²) in [7, 11) is 0. The number of nitrogens with two attached hydrogens (primary N) is 1. The third-order valence-corrected chi connectivity index (χ3v) is 3.44. The molecule has 94 valence electrons. The number of benzene rings is 1. The molecule has 0 amide bonds. The minimum absolute atomic E-state index is 0.186. The van der Waals surface area contributed by atoms with Gasteiger partial charge in [0.25, 0.3) is 0 Å². The van der Waals surface area contributed by atoms with Crippen LogP contribution >= 0.6 is 23.6 Å². The summed E-state index contributed by atoms with van der Waals surface area (Å²) in [6.07, 6.45) is 2.59. The molecule has 0 unspecified atom stereocenters. The van der Waals surface area contributed by atoms with Gasteiger partial charge < -0.3 is 11.1 Å². The van der Waals surface area contributed by atoms with Crippen molar-refractivity contribution < 1.29 is 4.39 Å². The Kier molecular flexibility index (Phi) is 4.22. The Bertz CT molecular complexity index is 540. The fourth-order valence-corrected chi connectivity index (χ4v) is 2.34. The predicted octanol–water partition coefficient (Wildman–Crippen LogP) is 2.57. The Morgan fingerprint density at radius 2 is 2.33 bits per heavy atom. The van der Waals surface area contributed by atoms with Crippen LogP contribution in [0, 0.1) is 5.82 Å². The Balaban J connectivity index is 2.02. The fourth-order valence-electron chi connectivity index (χ4n) is 1.56. The van der Waals surface area contributed by atoms with Crippen LogP contribution in [0.2, 0.25) is 0 Å². The first-order chi connectivity index (χ1) is 8.66. The summed E-state index contributed by atoms with van der Waals surface area (Å²) < 4.78 is 13.1. The molecular formula is C12H12FN3S2. The van der Waals surface area contributed by atoms with Crippen molar-refractivity contribution in [1.29, 1.82) is 0 Å². The smallest absolute Gasteiger partial charge is 0.124 e. The minimum Gasteiger partial charge on any atom is -0.389 e. The molecule has 18 heavy (non-hydrogen) atoms. The zero-order chi connectivity index (χ0) is 13.0. The van der Waals surface area contributed by atoms with Crippen LogP contribution < -0.4 is 11.1 Å². The topological polar surface area (TPSA) is 50.9 Å². The lowest BCUT2D eigenvalue weighted by Gasteiger charge is -2.10. The third-order valence-electron chi connectivity index (χ3n) is 2.38. The molecule has 0 aliphatic carbocycles. The lowest BCUT2D eigenvalue weighted by molar-refractivity contribution is 0.627. The molecule has 1 heterocycles. The van der Waals surface area contributed by atoms with Crippen LogP contribution in [0.1, 0.15) is 10.6 Å². The quantitative estimate of drug-likeness (QED) is 0.827. The van der Waals surface area contributed by atoms with E-state index < -0.39 is 0 Å². The van der Waals surface area contributed by atoms with E-state index in [-0.39, 0.29) is 10.8 Å². The number of hydrogen-bond acceptors (Lipinski definition) is 4. The highest BCUT2D eigenvalue weighted by molar-refractivity contribution is 7.80. The largest absolute Gasteiger partial charge is 0.389 e. The molecule has 0 aliphatic heterocycles. The molecule has 6 heteroatoms. The molecule has 0 saturated heterocycles. The average Bonchev–Trinajstić information content (AvgIpc) is 2.84. The van der Waals surface area contributed by atoms with E-state index in [4.69, 9.17) is 18.0 Å². The second kappa shape index (κ2) is 5.88. The molecule has 0 atom stereocenters. The van der Waals surface area contributed by atoms with E-state index in [1.807, 2.05) is 5.38 Å². The standard InChI is InChI=1S/C12H12FN3S2/c13-8-1-2-10(9(7-8)12(14)17)15-4-3-11-16-5-6-18-11/h1-2,5-7,15H,3-4H2,(H2,14,17). The van der Waals surface area contributed by atoms with Crippen molar-refractivity contribution >= 4 is 34.2 Å². The van der Waals surface area contributed by atoms with Crippen molar-refractivity contribution in [1.82, 2.24) is 4.98 Å². The minimum atomic E-state index is -0.344. The van der Waals surface area contributed by atoms with Crippen LogP contribution in [0.15, 0.2) is 29.8 Å². The number of halogens is 1. The van der Waals surface area contributed by atoms with Gasteiger partial charge in [-0.15, -0.1) is 11.3 Å².